The molecule has 21 heavy (non-hydrogen) atoms. The van der Waals surface area contributed by atoms with Crippen molar-refractivity contribution in [3.8, 4) is 5.75 Å². The van der Waals surface area contributed by atoms with Gasteiger partial charge in [-0.1, -0.05) is 13.8 Å². The number of halogens is 2. The van der Waals surface area contributed by atoms with E-state index in [-0.39, 0.29) is 40.5 Å². The number of cyclic esters (lactones) is 1. The van der Waals surface area contributed by atoms with Gasteiger partial charge in [0.25, 0.3) is 5.69 Å². The minimum Gasteiger partial charge on any atom is -0.506 e. The molecular formula is C12H14BrClN2O5. The third-order valence-corrected chi connectivity index (χ3v) is 3.82. The average molecular weight is 382 g/mol. The van der Waals surface area contributed by atoms with Crippen molar-refractivity contribution in [2.24, 2.45) is 5.41 Å². The maximum Gasteiger partial charge on any atom is 0.407 e. The first-order valence-electron chi connectivity index (χ1n) is 5.82. The Bertz CT molecular complexity index is 593. The maximum atomic E-state index is 11.4. The second-order valence-electron chi connectivity index (χ2n) is 5.26. The number of carbonyl (C=O) groups is 1. The van der Waals surface area contributed by atoms with E-state index in [1.165, 1.54) is 12.1 Å². The molecule has 1 amide bonds. The predicted molar refractivity (Wildman–Crippen MR) is 80.7 cm³/mol. The minimum absolute atomic E-state index is 0. The molecule has 0 unspecified atom stereocenters. The molecule has 0 aromatic heterocycles. The van der Waals surface area contributed by atoms with Crippen LogP contribution in [0.5, 0.6) is 5.75 Å². The lowest BCUT2D eigenvalue weighted by molar-refractivity contribution is -0.385. The number of phenols is 1. The fraction of sp³-hybridized carbons (Fsp3) is 0.417. The molecule has 1 aliphatic rings. The van der Waals surface area contributed by atoms with Gasteiger partial charge in [0.15, 0.2) is 0 Å². The largest absolute Gasteiger partial charge is 0.506 e. The second kappa shape index (κ2) is 6.07. The Kier molecular flexibility index (Phi) is 5.06. The lowest BCUT2D eigenvalue weighted by Crippen LogP contribution is -2.46. The van der Waals surface area contributed by atoms with Crippen molar-refractivity contribution in [2.75, 3.05) is 6.61 Å². The molecule has 1 aromatic carbocycles. The Labute approximate surface area is 135 Å². The number of ether oxygens (including phenoxy) is 1. The standard InChI is InChI=1S/C12H13BrN2O5.ClH/c1-12(2)5-20-11(17)14-10(12)7-3-6(15(18)19)4-8(13)9(7)16;/h3-4,10,16H,5H2,1-2H3,(H,14,17);1H/t10-;/m1./s1. The van der Waals surface area contributed by atoms with Crippen LogP contribution in [0.25, 0.3) is 0 Å². The van der Waals surface area contributed by atoms with Crippen molar-refractivity contribution >= 4 is 40.1 Å². The first-order valence-corrected chi connectivity index (χ1v) is 6.62. The molecule has 7 nitrogen and oxygen atoms in total. The van der Waals surface area contributed by atoms with E-state index in [9.17, 15) is 20.0 Å². The normalized spacial score (nSPS) is 20.0. The van der Waals surface area contributed by atoms with Gasteiger partial charge in [-0.05, 0) is 15.9 Å². The number of alkyl carbamates (subject to hydrolysis) is 1. The second-order valence-corrected chi connectivity index (χ2v) is 6.12. The lowest BCUT2D eigenvalue weighted by atomic mass is 9.80. The van der Waals surface area contributed by atoms with Crippen LogP contribution in [0.4, 0.5) is 10.5 Å². The summed E-state index contributed by atoms with van der Waals surface area (Å²) in [5, 5.41) is 23.6. The van der Waals surface area contributed by atoms with E-state index in [0.717, 1.165) is 0 Å². The van der Waals surface area contributed by atoms with E-state index in [1.54, 1.807) is 0 Å². The van der Waals surface area contributed by atoms with Gasteiger partial charge >= 0.3 is 6.09 Å². The lowest BCUT2D eigenvalue weighted by Gasteiger charge is -2.38. The van der Waals surface area contributed by atoms with E-state index in [1.807, 2.05) is 13.8 Å². The predicted octanol–water partition coefficient (Wildman–Crippen LogP) is 3.29. The van der Waals surface area contributed by atoms with Crippen molar-refractivity contribution in [1.29, 1.82) is 0 Å². The highest BCUT2D eigenvalue weighted by molar-refractivity contribution is 9.10. The molecule has 0 saturated carbocycles. The van der Waals surface area contributed by atoms with Crippen molar-refractivity contribution < 1.29 is 19.6 Å². The van der Waals surface area contributed by atoms with Crippen LogP contribution in [0.15, 0.2) is 16.6 Å². The van der Waals surface area contributed by atoms with Crippen molar-refractivity contribution in [1.82, 2.24) is 5.32 Å². The maximum absolute atomic E-state index is 11.4. The van der Waals surface area contributed by atoms with Crippen molar-refractivity contribution in [3.63, 3.8) is 0 Å². The topological polar surface area (TPSA) is 102 Å². The van der Waals surface area contributed by atoms with Crippen LogP contribution < -0.4 is 5.32 Å². The molecule has 0 radical (unpaired) electrons. The highest BCUT2D eigenvalue weighted by atomic mass is 79.9. The SMILES string of the molecule is CC1(C)COC(=O)N[C@@H]1c1cc([N+](=O)[O-])cc(Br)c1O.Cl. The van der Waals surface area contributed by atoms with Crippen LogP contribution in [0, 0.1) is 15.5 Å². The Morgan fingerprint density at radius 3 is 2.71 bits per heavy atom. The number of nitro groups is 1. The van der Waals surface area contributed by atoms with Gasteiger partial charge < -0.3 is 15.2 Å². The molecule has 1 atom stereocenters. The number of phenolic OH excluding ortho intramolecular Hbond substituents is 1. The van der Waals surface area contributed by atoms with Crippen LogP contribution in [-0.4, -0.2) is 22.7 Å². The van der Waals surface area contributed by atoms with Crippen LogP contribution >= 0.6 is 28.3 Å². The smallest absolute Gasteiger partial charge is 0.407 e. The van der Waals surface area contributed by atoms with Crippen LogP contribution in [0.3, 0.4) is 0 Å². The number of nitrogens with one attached hydrogen (secondary N) is 1. The summed E-state index contributed by atoms with van der Waals surface area (Å²) in [6.07, 6.45) is -0.614. The zero-order valence-corrected chi connectivity index (χ0v) is 13.7. The molecule has 9 heteroatoms. The van der Waals surface area contributed by atoms with Crippen LogP contribution in [-0.2, 0) is 4.74 Å². The minimum atomic E-state index is -0.614. The number of benzene rings is 1. The number of non-ortho nitro benzene ring substituents is 1. The molecular weight excluding hydrogens is 367 g/mol. The zero-order chi connectivity index (χ0) is 15.1. The first kappa shape index (κ1) is 17.5. The summed E-state index contributed by atoms with van der Waals surface area (Å²) in [4.78, 5) is 21.8. The van der Waals surface area contributed by atoms with Gasteiger partial charge in [0.2, 0.25) is 0 Å². The molecule has 116 valence electrons. The molecule has 0 spiro atoms. The summed E-state index contributed by atoms with van der Waals surface area (Å²) in [6.45, 7) is 3.83. The third kappa shape index (κ3) is 3.38. The molecule has 1 saturated heterocycles. The summed E-state index contributed by atoms with van der Waals surface area (Å²) in [6, 6.07) is 1.89. The molecule has 1 fully saturated rings. The van der Waals surface area contributed by atoms with E-state index < -0.39 is 22.5 Å². The number of nitrogens with zero attached hydrogens (tertiary/aromatic N) is 1. The number of rotatable bonds is 2. The Morgan fingerprint density at radius 1 is 1.52 bits per heavy atom. The van der Waals surface area contributed by atoms with Gasteiger partial charge in [-0.2, -0.15) is 0 Å². The zero-order valence-electron chi connectivity index (χ0n) is 11.3. The van der Waals surface area contributed by atoms with Gasteiger partial charge in [0.1, 0.15) is 12.4 Å². The fourth-order valence-electron chi connectivity index (χ4n) is 2.12. The quantitative estimate of drug-likeness (QED) is 0.604. The first-order chi connectivity index (χ1) is 9.22. The van der Waals surface area contributed by atoms with Gasteiger partial charge in [-0.15, -0.1) is 12.4 Å². The van der Waals surface area contributed by atoms with E-state index in [2.05, 4.69) is 21.2 Å². The number of nitro benzene ring substituents is 1. The molecule has 0 bridgehead atoms. The number of hydrogen-bond donors (Lipinski definition) is 2. The van der Waals surface area contributed by atoms with Gasteiger partial charge in [0, 0.05) is 23.1 Å². The highest BCUT2D eigenvalue weighted by Crippen LogP contribution is 2.43. The third-order valence-electron chi connectivity index (χ3n) is 3.22. The van der Waals surface area contributed by atoms with Gasteiger partial charge in [-0.3, -0.25) is 10.1 Å². The molecule has 2 rings (SSSR count). The average Bonchev–Trinajstić information content (AvgIpc) is 2.35. The number of carbonyl (C=O) groups excluding carboxylic acids is 1. The molecule has 1 aliphatic heterocycles. The van der Waals surface area contributed by atoms with E-state index >= 15 is 0 Å². The van der Waals surface area contributed by atoms with Gasteiger partial charge in [-0.25, -0.2) is 4.79 Å². The number of amides is 1. The van der Waals surface area contributed by atoms with Crippen molar-refractivity contribution in [3.05, 3.63) is 32.3 Å². The van der Waals surface area contributed by atoms with Crippen LogP contribution in [0.1, 0.15) is 25.5 Å². The number of aromatic hydroxyl groups is 1. The molecule has 1 heterocycles. The summed E-state index contributed by atoms with van der Waals surface area (Å²) in [7, 11) is 0. The Hall–Kier alpha value is -1.54. The Balaban J connectivity index is 0.00000220. The molecule has 1 aromatic rings. The molecule has 2 N–H and O–H groups in total. The highest BCUT2D eigenvalue weighted by Gasteiger charge is 2.40. The van der Waals surface area contributed by atoms with Crippen LogP contribution in [0.2, 0.25) is 0 Å². The monoisotopic (exact) mass is 380 g/mol. The Morgan fingerprint density at radius 2 is 2.14 bits per heavy atom. The number of hydrogen-bond acceptors (Lipinski definition) is 5. The van der Waals surface area contributed by atoms with E-state index in [0.29, 0.717) is 0 Å². The summed E-state index contributed by atoms with van der Waals surface area (Å²) < 4.78 is 5.12. The summed E-state index contributed by atoms with van der Waals surface area (Å²) in [5.41, 5.74) is -0.394. The van der Waals surface area contributed by atoms with Gasteiger partial charge in [0.05, 0.1) is 15.4 Å². The fourth-order valence-corrected chi connectivity index (χ4v) is 2.58. The molecule has 0 aliphatic carbocycles. The summed E-state index contributed by atoms with van der Waals surface area (Å²) in [5.74, 6) is -0.129. The van der Waals surface area contributed by atoms with E-state index in [4.69, 9.17) is 4.74 Å². The van der Waals surface area contributed by atoms with Crippen molar-refractivity contribution in [2.45, 2.75) is 19.9 Å². The summed E-state index contributed by atoms with van der Waals surface area (Å²) >= 11 is 3.09.